The number of amides is 2. The van der Waals surface area contributed by atoms with Crippen LogP contribution in [0.3, 0.4) is 0 Å². The van der Waals surface area contributed by atoms with Gasteiger partial charge in [0.1, 0.15) is 0 Å². The number of nitrogens with zero attached hydrogens (tertiary/aromatic N) is 4. The van der Waals surface area contributed by atoms with Crippen LogP contribution in [0.2, 0.25) is 0 Å². The van der Waals surface area contributed by atoms with Crippen LogP contribution in [-0.4, -0.2) is 56.8 Å². The fourth-order valence-corrected chi connectivity index (χ4v) is 2.71. The molecule has 116 valence electrons. The van der Waals surface area contributed by atoms with Crippen molar-refractivity contribution in [3.8, 4) is 0 Å². The van der Waals surface area contributed by atoms with Gasteiger partial charge in [0.05, 0.1) is 12.7 Å². The molecule has 1 aliphatic heterocycles. The monoisotopic (exact) mass is 294 g/mol. The zero-order valence-electron chi connectivity index (χ0n) is 12.5. The van der Waals surface area contributed by atoms with Crippen molar-refractivity contribution in [1.82, 2.24) is 19.6 Å². The summed E-state index contributed by atoms with van der Waals surface area (Å²) in [6.07, 6.45) is 5.36. The fourth-order valence-electron chi connectivity index (χ4n) is 2.71. The summed E-state index contributed by atoms with van der Waals surface area (Å²) in [7, 11) is 3.62. The minimum atomic E-state index is -0.770. The highest BCUT2D eigenvalue weighted by Gasteiger charge is 2.28. The maximum atomic E-state index is 12.3. The van der Waals surface area contributed by atoms with Crippen LogP contribution < -0.4 is 0 Å². The molecule has 2 amide bonds. The second kappa shape index (κ2) is 6.60. The Morgan fingerprint density at radius 2 is 2.29 bits per heavy atom. The number of carboxylic acids is 1. The van der Waals surface area contributed by atoms with Gasteiger partial charge in [0, 0.05) is 45.4 Å². The molecule has 1 aliphatic rings. The van der Waals surface area contributed by atoms with E-state index in [1.165, 1.54) is 0 Å². The van der Waals surface area contributed by atoms with Crippen LogP contribution in [0.25, 0.3) is 0 Å². The third-order valence-corrected chi connectivity index (χ3v) is 3.83. The molecule has 1 unspecified atom stereocenters. The molecule has 1 atom stereocenters. The van der Waals surface area contributed by atoms with Gasteiger partial charge in [-0.2, -0.15) is 5.10 Å². The molecule has 0 aromatic carbocycles. The third-order valence-electron chi connectivity index (χ3n) is 3.83. The summed E-state index contributed by atoms with van der Waals surface area (Å²) in [5, 5.41) is 12.8. The zero-order valence-corrected chi connectivity index (χ0v) is 12.5. The second-order valence-corrected chi connectivity index (χ2v) is 5.69. The van der Waals surface area contributed by atoms with E-state index in [0.29, 0.717) is 32.0 Å². The Labute approximate surface area is 124 Å². The maximum Gasteiger partial charge on any atom is 0.320 e. The van der Waals surface area contributed by atoms with E-state index in [4.69, 9.17) is 5.11 Å². The zero-order chi connectivity index (χ0) is 15.4. The number of hydrogen-bond donors (Lipinski definition) is 1. The van der Waals surface area contributed by atoms with Gasteiger partial charge in [-0.25, -0.2) is 4.79 Å². The first-order valence-corrected chi connectivity index (χ1v) is 7.15. The van der Waals surface area contributed by atoms with E-state index in [1.807, 2.05) is 18.1 Å². The van der Waals surface area contributed by atoms with Crippen molar-refractivity contribution in [3.05, 3.63) is 18.0 Å². The van der Waals surface area contributed by atoms with Gasteiger partial charge in [-0.3, -0.25) is 9.48 Å². The van der Waals surface area contributed by atoms with E-state index >= 15 is 0 Å². The lowest BCUT2D eigenvalue weighted by atomic mass is 10.0. The number of hydrogen-bond acceptors (Lipinski definition) is 3. The number of rotatable bonds is 5. The van der Waals surface area contributed by atoms with E-state index in [0.717, 1.165) is 12.0 Å². The van der Waals surface area contributed by atoms with Crippen molar-refractivity contribution in [3.63, 3.8) is 0 Å². The molecule has 1 aromatic rings. The van der Waals surface area contributed by atoms with Crippen molar-refractivity contribution >= 4 is 12.0 Å². The van der Waals surface area contributed by atoms with Crippen molar-refractivity contribution < 1.29 is 14.7 Å². The molecule has 2 heterocycles. The Morgan fingerprint density at radius 3 is 2.90 bits per heavy atom. The van der Waals surface area contributed by atoms with Crippen LogP contribution >= 0.6 is 0 Å². The van der Waals surface area contributed by atoms with Crippen LogP contribution in [0.1, 0.15) is 24.8 Å². The summed E-state index contributed by atoms with van der Waals surface area (Å²) >= 11 is 0. The van der Waals surface area contributed by atoms with Gasteiger partial charge in [0.15, 0.2) is 0 Å². The predicted molar refractivity (Wildman–Crippen MR) is 76.6 cm³/mol. The minimum absolute atomic E-state index is 0.00308. The highest BCUT2D eigenvalue weighted by atomic mass is 16.4. The number of aliphatic carboxylic acids is 1. The van der Waals surface area contributed by atoms with Gasteiger partial charge < -0.3 is 14.9 Å². The summed E-state index contributed by atoms with van der Waals surface area (Å²) in [5.74, 6) is -0.467. The number of aromatic nitrogens is 2. The standard InChI is InChI=1S/C14H22N4O3/c1-16(8-12-7-15-17(2)9-12)14(21)18-6-5-11(10-18)3-4-13(19)20/h7,9,11H,3-6,8,10H2,1-2H3,(H,19,20). The van der Waals surface area contributed by atoms with E-state index in [2.05, 4.69) is 5.10 Å². The summed E-state index contributed by atoms with van der Waals surface area (Å²) in [4.78, 5) is 26.4. The van der Waals surface area contributed by atoms with E-state index in [1.54, 1.807) is 22.8 Å². The number of aryl methyl sites for hydroxylation is 1. The molecular formula is C14H22N4O3. The predicted octanol–water partition coefficient (Wildman–Crippen LogP) is 1.16. The first-order valence-electron chi connectivity index (χ1n) is 7.15. The molecule has 7 heteroatoms. The van der Waals surface area contributed by atoms with Gasteiger partial charge in [-0.05, 0) is 18.8 Å². The number of carbonyl (C=O) groups excluding carboxylic acids is 1. The van der Waals surface area contributed by atoms with E-state index in [9.17, 15) is 9.59 Å². The molecule has 21 heavy (non-hydrogen) atoms. The SMILES string of the molecule is CN(Cc1cnn(C)c1)C(=O)N1CCC(CCC(=O)O)C1. The average Bonchev–Trinajstić information content (AvgIpc) is 3.04. The quantitative estimate of drug-likeness (QED) is 0.884. The Morgan fingerprint density at radius 1 is 1.52 bits per heavy atom. The van der Waals surface area contributed by atoms with Crippen LogP contribution in [0.5, 0.6) is 0 Å². The molecule has 0 aliphatic carbocycles. The molecule has 0 radical (unpaired) electrons. The Bertz CT molecular complexity index is 514. The van der Waals surface area contributed by atoms with Crippen molar-refractivity contribution in [2.75, 3.05) is 20.1 Å². The van der Waals surface area contributed by atoms with Gasteiger partial charge in [-0.15, -0.1) is 0 Å². The second-order valence-electron chi connectivity index (χ2n) is 5.69. The molecular weight excluding hydrogens is 272 g/mol. The van der Waals surface area contributed by atoms with E-state index < -0.39 is 5.97 Å². The van der Waals surface area contributed by atoms with Crippen molar-refractivity contribution in [2.45, 2.75) is 25.8 Å². The Hall–Kier alpha value is -2.05. The molecule has 1 saturated heterocycles. The number of urea groups is 1. The molecule has 1 N–H and O–H groups in total. The Kier molecular flexibility index (Phi) is 4.82. The number of likely N-dealkylation sites (tertiary alicyclic amines) is 1. The molecule has 1 aromatic heterocycles. The lowest BCUT2D eigenvalue weighted by molar-refractivity contribution is -0.137. The van der Waals surface area contributed by atoms with Crippen LogP contribution in [0, 0.1) is 5.92 Å². The first-order chi connectivity index (χ1) is 9.95. The highest BCUT2D eigenvalue weighted by molar-refractivity contribution is 5.74. The van der Waals surface area contributed by atoms with Crippen LogP contribution in [0.15, 0.2) is 12.4 Å². The molecule has 0 bridgehead atoms. The number of carbonyl (C=O) groups is 2. The summed E-state index contributed by atoms with van der Waals surface area (Å²) in [6.45, 7) is 1.90. The average molecular weight is 294 g/mol. The van der Waals surface area contributed by atoms with E-state index in [-0.39, 0.29) is 12.5 Å². The molecule has 7 nitrogen and oxygen atoms in total. The van der Waals surface area contributed by atoms with Crippen molar-refractivity contribution in [2.24, 2.45) is 13.0 Å². The molecule has 0 spiro atoms. The smallest absolute Gasteiger partial charge is 0.320 e. The normalized spacial score (nSPS) is 18.0. The summed E-state index contributed by atoms with van der Waals surface area (Å²) in [6, 6.07) is -0.00308. The van der Waals surface area contributed by atoms with Crippen LogP contribution in [0.4, 0.5) is 4.79 Å². The lowest BCUT2D eigenvalue weighted by Gasteiger charge is -2.24. The molecule has 1 fully saturated rings. The minimum Gasteiger partial charge on any atom is -0.481 e. The molecule has 0 saturated carbocycles. The Balaban J connectivity index is 1.81. The lowest BCUT2D eigenvalue weighted by Crippen LogP contribution is -2.39. The topological polar surface area (TPSA) is 78.7 Å². The largest absolute Gasteiger partial charge is 0.481 e. The van der Waals surface area contributed by atoms with Crippen molar-refractivity contribution in [1.29, 1.82) is 0 Å². The summed E-state index contributed by atoms with van der Waals surface area (Å²) < 4.78 is 1.71. The van der Waals surface area contributed by atoms with Gasteiger partial charge in [0.2, 0.25) is 0 Å². The number of carboxylic acid groups (broad SMARTS) is 1. The maximum absolute atomic E-state index is 12.3. The van der Waals surface area contributed by atoms with Gasteiger partial charge in [0.25, 0.3) is 0 Å². The van der Waals surface area contributed by atoms with Crippen LogP contribution in [-0.2, 0) is 18.4 Å². The molecule has 2 rings (SSSR count). The van der Waals surface area contributed by atoms with Gasteiger partial charge in [-0.1, -0.05) is 0 Å². The highest BCUT2D eigenvalue weighted by Crippen LogP contribution is 2.22. The third kappa shape index (κ3) is 4.21. The fraction of sp³-hybridized carbons (Fsp3) is 0.643. The summed E-state index contributed by atoms with van der Waals surface area (Å²) in [5.41, 5.74) is 0.995. The first kappa shape index (κ1) is 15.3. The van der Waals surface area contributed by atoms with Gasteiger partial charge >= 0.3 is 12.0 Å².